The molecule has 1 aromatic heterocycles. The number of hydrogen-bond acceptors (Lipinski definition) is 2. The molecule has 2 heterocycles. The first-order valence-corrected chi connectivity index (χ1v) is 8.70. The third kappa shape index (κ3) is 3.43. The van der Waals surface area contributed by atoms with Gasteiger partial charge in [-0.25, -0.2) is 4.79 Å². The van der Waals surface area contributed by atoms with Crippen molar-refractivity contribution in [1.82, 2.24) is 20.0 Å². The first-order chi connectivity index (χ1) is 11.0. The fourth-order valence-electron chi connectivity index (χ4n) is 4.09. The number of nitrogens with one attached hydrogen (secondary N) is 1. The molecule has 126 valence electrons. The van der Waals surface area contributed by atoms with Crippen molar-refractivity contribution in [2.24, 2.45) is 12.5 Å². The lowest BCUT2D eigenvalue weighted by atomic mass is 9.71. The largest absolute Gasteiger partial charge is 0.331 e. The van der Waals surface area contributed by atoms with E-state index in [1.165, 1.54) is 12.8 Å². The molecule has 1 saturated heterocycles. The summed E-state index contributed by atoms with van der Waals surface area (Å²) in [7, 11) is 1.91. The molecule has 3 rings (SSSR count). The highest BCUT2D eigenvalue weighted by Crippen LogP contribution is 2.40. The summed E-state index contributed by atoms with van der Waals surface area (Å²) < 4.78 is 1.80. The second-order valence-corrected chi connectivity index (χ2v) is 7.25. The van der Waals surface area contributed by atoms with E-state index in [1.54, 1.807) is 4.68 Å². The number of carbonyl (C=O) groups is 1. The maximum atomic E-state index is 12.7. The minimum atomic E-state index is -0.0136. The summed E-state index contributed by atoms with van der Waals surface area (Å²) in [5.41, 5.74) is 2.39. The van der Waals surface area contributed by atoms with Gasteiger partial charge in [-0.15, -0.1) is 0 Å². The van der Waals surface area contributed by atoms with Crippen molar-refractivity contribution in [2.45, 2.75) is 52.0 Å². The van der Waals surface area contributed by atoms with Gasteiger partial charge in [0.1, 0.15) is 0 Å². The molecule has 1 spiro atoms. The van der Waals surface area contributed by atoms with Crippen LogP contribution in [-0.4, -0.2) is 33.8 Å². The lowest BCUT2D eigenvalue weighted by Gasteiger charge is -2.44. The minimum Gasteiger partial charge on any atom is -0.331 e. The summed E-state index contributed by atoms with van der Waals surface area (Å²) in [4.78, 5) is 14.7. The van der Waals surface area contributed by atoms with Crippen LogP contribution in [0.15, 0.2) is 18.3 Å². The monoisotopic (exact) mass is 316 g/mol. The van der Waals surface area contributed by atoms with Crippen molar-refractivity contribution < 1.29 is 4.79 Å². The van der Waals surface area contributed by atoms with E-state index in [2.05, 4.69) is 22.6 Å². The van der Waals surface area contributed by atoms with Gasteiger partial charge in [-0.3, -0.25) is 4.68 Å². The average Bonchev–Trinajstić information content (AvgIpc) is 2.87. The number of allylic oxidation sites excluding steroid dienone is 2. The molecule has 5 nitrogen and oxygen atoms in total. The van der Waals surface area contributed by atoms with E-state index in [9.17, 15) is 4.79 Å². The van der Waals surface area contributed by atoms with E-state index in [4.69, 9.17) is 0 Å². The Morgan fingerprint density at radius 1 is 1.39 bits per heavy atom. The van der Waals surface area contributed by atoms with Crippen molar-refractivity contribution in [3.63, 3.8) is 0 Å². The van der Waals surface area contributed by atoms with E-state index >= 15 is 0 Å². The number of nitrogens with zero attached hydrogens (tertiary/aromatic N) is 3. The second kappa shape index (κ2) is 6.38. The molecule has 0 aromatic carbocycles. The SMILES string of the molecule is Cc1nn(C)cc1[C@H](C)NC(=O)N1CCC[C@]2(CC=CCC2)C1. The lowest BCUT2D eigenvalue weighted by Crippen LogP contribution is -2.50. The third-order valence-corrected chi connectivity index (χ3v) is 5.37. The summed E-state index contributed by atoms with van der Waals surface area (Å²) in [6.07, 6.45) is 12.4. The van der Waals surface area contributed by atoms with E-state index in [1.807, 2.05) is 32.0 Å². The Labute approximate surface area is 138 Å². The molecule has 1 aliphatic heterocycles. The number of piperidine rings is 1. The van der Waals surface area contributed by atoms with Crippen molar-refractivity contribution in [3.8, 4) is 0 Å². The zero-order valence-electron chi connectivity index (χ0n) is 14.5. The van der Waals surface area contributed by atoms with Crippen molar-refractivity contribution >= 4 is 6.03 Å². The highest BCUT2D eigenvalue weighted by atomic mass is 16.2. The predicted molar refractivity (Wildman–Crippen MR) is 91.1 cm³/mol. The van der Waals surface area contributed by atoms with Crippen LogP contribution in [0.5, 0.6) is 0 Å². The fraction of sp³-hybridized carbons (Fsp3) is 0.667. The first kappa shape index (κ1) is 16.1. The van der Waals surface area contributed by atoms with Crippen molar-refractivity contribution in [2.75, 3.05) is 13.1 Å². The van der Waals surface area contributed by atoms with E-state index < -0.39 is 0 Å². The number of rotatable bonds is 2. The van der Waals surface area contributed by atoms with Crippen LogP contribution in [0.1, 0.15) is 56.3 Å². The Morgan fingerprint density at radius 2 is 2.22 bits per heavy atom. The number of urea groups is 1. The quantitative estimate of drug-likeness (QED) is 0.851. The van der Waals surface area contributed by atoms with Gasteiger partial charge in [0.2, 0.25) is 0 Å². The molecule has 2 aliphatic rings. The molecule has 23 heavy (non-hydrogen) atoms. The number of hydrogen-bond donors (Lipinski definition) is 1. The zero-order chi connectivity index (χ0) is 16.4. The molecule has 0 saturated carbocycles. The number of aromatic nitrogens is 2. The molecule has 0 bridgehead atoms. The predicted octanol–water partition coefficient (Wildman–Crippen LogP) is 3.32. The van der Waals surface area contributed by atoms with Gasteiger partial charge >= 0.3 is 6.03 Å². The normalized spacial score (nSPS) is 25.6. The Kier molecular flexibility index (Phi) is 4.46. The maximum Gasteiger partial charge on any atom is 0.317 e. The number of amides is 2. The van der Waals surface area contributed by atoms with Crippen molar-refractivity contribution in [1.29, 1.82) is 0 Å². The van der Waals surface area contributed by atoms with Crippen molar-refractivity contribution in [3.05, 3.63) is 29.6 Å². The summed E-state index contributed by atoms with van der Waals surface area (Å²) in [6.45, 7) is 5.78. The molecule has 0 radical (unpaired) electrons. The van der Waals surface area contributed by atoms with Gasteiger partial charge in [0.15, 0.2) is 0 Å². The van der Waals surface area contributed by atoms with Gasteiger partial charge in [-0.2, -0.15) is 5.10 Å². The molecule has 1 aromatic rings. The smallest absolute Gasteiger partial charge is 0.317 e. The minimum absolute atomic E-state index is 0.0136. The van der Waals surface area contributed by atoms with Crippen LogP contribution < -0.4 is 5.32 Å². The summed E-state index contributed by atoms with van der Waals surface area (Å²) in [5.74, 6) is 0. The van der Waals surface area contributed by atoms with Crippen LogP contribution in [0.3, 0.4) is 0 Å². The summed E-state index contributed by atoms with van der Waals surface area (Å²) in [6, 6.07) is 0.0507. The third-order valence-electron chi connectivity index (χ3n) is 5.37. The van der Waals surface area contributed by atoms with Crippen LogP contribution in [-0.2, 0) is 7.05 Å². The molecule has 5 heteroatoms. The van der Waals surface area contributed by atoms with Gasteiger partial charge < -0.3 is 10.2 Å². The molecule has 1 fully saturated rings. The van der Waals surface area contributed by atoms with E-state index in [0.717, 1.165) is 43.6 Å². The number of aryl methyl sites for hydroxylation is 2. The van der Waals surface area contributed by atoms with Crippen LogP contribution in [0.4, 0.5) is 4.79 Å². The van der Waals surface area contributed by atoms with Gasteiger partial charge in [-0.05, 0) is 51.4 Å². The summed E-state index contributed by atoms with van der Waals surface area (Å²) >= 11 is 0. The molecule has 1 N–H and O–H groups in total. The van der Waals surface area contributed by atoms with Crippen LogP contribution in [0.25, 0.3) is 0 Å². The van der Waals surface area contributed by atoms with Gasteiger partial charge in [-0.1, -0.05) is 12.2 Å². The van der Waals surface area contributed by atoms with Crippen LogP contribution in [0.2, 0.25) is 0 Å². The Hall–Kier alpha value is -1.78. The van der Waals surface area contributed by atoms with E-state index in [0.29, 0.717) is 5.41 Å². The topological polar surface area (TPSA) is 50.2 Å². The highest BCUT2D eigenvalue weighted by molar-refractivity contribution is 5.75. The van der Waals surface area contributed by atoms with Crippen LogP contribution >= 0.6 is 0 Å². The van der Waals surface area contributed by atoms with Crippen LogP contribution in [0, 0.1) is 12.3 Å². The Morgan fingerprint density at radius 3 is 2.87 bits per heavy atom. The Balaban J connectivity index is 1.63. The maximum absolute atomic E-state index is 12.7. The second-order valence-electron chi connectivity index (χ2n) is 7.25. The van der Waals surface area contributed by atoms with E-state index in [-0.39, 0.29) is 12.1 Å². The molecule has 0 unspecified atom stereocenters. The summed E-state index contributed by atoms with van der Waals surface area (Å²) in [5, 5.41) is 7.52. The molecular weight excluding hydrogens is 288 g/mol. The zero-order valence-corrected chi connectivity index (χ0v) is 14.5. The van der Waals surface area contributed by atoms with Gasteiger partial charge in [0.25, 0.3) is 0 Å². The van der Waals surface area contributed by atoms with Gasteiger partial charge in [0, 0.05) is 31.9 Å². The lowest BCUT2D eigenvalue weighted by molar-refractivity contribution is 0.0948. The standard InChI is InChI=1S/C18H28N4O/c1-14(16-12-21(3)20-15(16)2)19-17(23)22-11-7-10-18(13-22)8-5-4-6-9-18/h4-5,12,14H,6-11,13H2,1-3H3,(H,19,23)/t14-,18+/m0/s1. The molecule has 2 amide bonds. The number of carbonyl (C=O) groups excluding carboxylic acids is 1. The molecular formula is C18H28N4O. The fourth-order valence-corrected chi connectivity index (χ4v) is 4.09. The first-order valence-electron chi connectivity index (χ1n) is 8.70. The number of likely N-dealkylation sites (tertiary alicyclic amines) is 1. The average molecular weight is 316 g/mol. The Bertz CT molecular complexity index is 606. The van der Waals surface area contributed by atoms with Gasteiger partial charge in [0.05, 0.1) is 11.7 Å². The molecule has 2 atom stereocenters. The molecule has 1 aliphatic carbocycles. The highest BCUT2D eigenvalue weighted by Gasteiger charge is 2.37.